The van der Waals surface area contributed by atoms with Gasteiger partial charge in [-0.1, -0.05) is 32.4 Å². The SMILES string of the molecule is CC(C)(C)C1(O)OC(=O)c2ccc(Cl)cc21. The highest BCUT2D eigenvalue weighted by Crippen LogP contribution is 2.46. The molecule has 1 atom stereocenters. The van der Waals surface area contributed by atoms with Crippen molar-refractivity contribution in [1.82, 2.24) is 0 Å². The van der Waals surface area contributed by atoms with Crippen LogP contribution in [-0.4, -0.2) is 11.1 Å². The van der Waals surface area contributed by atoms with Crippen LogP contribution < -0.4 is 0 Å². The van der Waals surface area contributed by atoms with Crippen molar-refractivity contribution in [3.8, 4) is 0 Å². The van der Waals surface area contributed by atoms with Crippen LogP contribution in [0.15, 0.2) is 18.2 Å². The van der Waals surface area contributed by atoms with Crippen LogP contribution in [-0.2, 0) is 10.5 Å². The summed E-state index contributed by atoms with van der Waals surface area (Å²) >= 11 is 5.87. The molecule has 0 bridgehead atoms. The molecule has 1 aliphatic rings. The summed E-state index contributed by atoms with van der Waals surface area (Å²) in [7, 11) is 0. The number of halogens is 1. The van der Waals surface area contributed by atoms with Gasteiger partial charge in [0.1, 0.15) is 0 Å². The monoisotopic (exact) mass is 240 g/mol. The fourth-order valence-corrected chi connectivity index (χ4v) is 1.95. The van der Waals surface area contributed by atoms with E-state index in [2.05, 4.69) is 0 Å². The minimum Gasteiger partial charge on any atom is -0.425 e. The zero-order valence-electron chi connectivity index (χ0n) is 9.37. The zero-order valence-corrected chi connectivity index (χ0v) is 10.1. The Balaban J connectivity index is 2.66. The fourth-order valence-electron chi connectivity index (χ4n) is 1.78. The molecular weight excluding hydrogens is 228 g/mol. The summed E-state index contributed by atoms with van der Waals surface area (Å²) in [4.78, 5) is 11.6. The Kier molecular flexibility index (Phi) is 2.30. The lowest BCUT2D eigenvalue weighted by atomic mass is 9.81. The first-order valence-electron chi connectivity index (χ1n) is 5.01. The van der Waals surface area contributed by atoms with E-state index in [4.69, 9.17) is 16.3 Å². The van der Waals surface area contributed by atoms with E-state index < -0.39 is 17.2 Å². The Labute approximate surface area is 99.0 Å². The van der Waals surface area contributed by atoms with E-state index in [1.807, 2.05) is 0 Å². The molecule has 2 rings (SSSR count). The van der Waals surface area contributed by atoms with Crippen LogP contribution in [0.5, 0.6) is 0 Å². The standard InChI is InChI=1S/C12H13ClO3/c1-11(2,3)12(15)9-6-7(13)4-5-8(9)10(14)16-12/h4-6,15H,1-3H3. The summed E-state index contributed by atoms with van der Waals surface area (Å²) in [5.74, 6) is -2.12. The average molecular weight is 241 g/mol. The predicted molar refractivity (Wildman–Crippen MR) is 60.2 cm³/mol. The number of aliphatic hydroxyl groups is 1. The molecule has 4 heteroatoms. The van der Waals surface area contributed by atoms with E-state index in [0.717, 1.165) is 0 Å². The van der Waals surface area contributed by atoms with Crippen LogP contribution in [0.4, 0.5) is 0 Å². The third-order valence-corrected chi connectivity index (χ3v) is 3.06. The summed E-state index contributed by atoms with van der Waals surface area (Å²) in [6.07, 6.45) is 0. The van der Waals surface area contributed by atoms with Crippen LogP contribution >= 0.6 is 11.6 Å². The number of cyclic esters (lactones) is 1. The van der Waals surface area contributed by atoms with Crippen LogP contribution in [0.2, 0.25) is 5.02 Å². The summed E-state index contributed by atoms with van der Waals surface area (Å²) in [6.45, 7) is 5.41. The molecular formula is C12H13ClO3. The molecule has 0 aliphatic carbocycles. The van der Waals surface area contributed by atoms with E-state index in [-0.39, 0.29) is 0 Å². The maximum Gasteiger partial charge on any atom is 0.341 e. The predicted octanol–water partition coefficient (Wildman–Crippen LogP) is 2.70. The molecule has 1 aliphatic heterocycles. The number of carbonyl (C=O) groups is 1. The van der Waals surface area contributed by atoms with Gasteiger partial charge in [0.2, 0.25) is 5.79 Å². The Bertz CT molecular complexity index is 462. The average Bonchev–Trinajstić information content (AvgIpc) is 2.39. The second-order valence-corrected chi connectivity index (χ2v) is 5.41. The molecule has 86 valence electrons. The van der Waals surface area contributed by atoms with Crippen molar-refractivity contribution >= 4 is 17.6 Å². The number of fused-ring (bicyclic) bond motifs is 1. The molecule has 0 aromatic heterocycles. The molecule has 1 heterocycles. The molecule has 0 radical (unpaired) electrons. The van der Waals surface area contributed by atoms with Crippen molar-refractivity contribution in [2.45, 2.75) is 26.6 Å². The maximum atomic E-state index is 11.6. The summed E-state index contributed by atoms with van der Waals surface area (Å²) < 4.78 is 5.10. The maximum absolute atomic E-state index is 11.6. The Morgan fingerprint density at radius 3 is 2.56 bits per heavy atom. The molecule has 0 amide bonds. The number of hydrogen-bond acceptors (Lipinski definition) is 3. The number of rotatable bonds is 0. The van der Waals surface area contributed by atoms with Crippen molar-refractivity contribution in [3.05, 3.63) is 34.3 Å². The second-order valence-electron chi connectivity index (χ2n) is 4.97. The van der Waals surface area contributed by atoms with Crippen molar-refractivity contribution < 1.29 is 14.6 Å². The lowest BCUT2D eigenvalue weighted by Crippen LogP contribution is -2.40. The van der Waals surface area contributed by atoms with Gasteiger partial charge in [0.05, 0.1) is 5.56 Å². The van der Waals surface area contributed by atoms with Gasteiger partial charge in [0, 0.05) is 16.0 Å². The quantitative estimate of drug-likeness (QED) is 0.710. The second kappa shape index (κ2) is 3.22. The number of esters is 1. The molecule has 1 aromatic carbocycles. The number of hydrogen-bond donors (Lipinski definition) is 1. The summed E-state index contributed by atoms with van der Waals surface area (Å²) in [5, 5.41) is 10.9. The van der Waals surface area contributed by atoms with Gasteiger partial charge in [-0.05, 0) is 18.2 Å². The molecule has 0 saturated heterocycles. The van der Waals surface area contributed by atoms with Gasteiger partial charge >= 0.3 is 5.97 Å². The van der Waals surface area contributed by atoms with E-state index in [1.165, 1.54) is 0 Å². The largest absolute Gasteiger partial charge is 0.425 e. The van der Waals surface area contributed by atoms with Crippen molar-refractivity contribution in [3.63, 3.8) is 0 Å². The number of benzene rings is 1. The first-order chi connectivity index (χ1) is 7.25. The van der Waals surface area contributed by atoms with Gasteiger partial charge in [-0.3, -0.25) is 0 Å². The van der Waals surface area contributed by atoms with Gasteiger partial charge < -0.3 is 9.84 Å². The first kappa shape index (κ1) is 11.4. The van der Waals surface area contributed by atoms with Gasteiger partial charge in [-0.15, -0.1) is 0 Å². The topological polar surface area (TPSA) is 46.5 Å². The van der Waals surface area contributed by atoms with Crippen LogP contribution in [0.1, 0.15) is 36.7 Å². The van der Waals surface area contributed by atoms with Gasteiger partial charge in [0.15, 0.2) is 0 Å². The van der Waals surface area contributed by atoms with Crippen LogP contribution in [0.3, 0.4) is 0 Å². The van der Waals surface area contributed by atoms with Crippen molar-refractivity contribution in [2.75, 3.05) is 0 Å². The molecule has 3 nitrogen and oxygen atoms in total. The van der Waals surface area contributed by atoms with E-state index >= 15 is 0 Å². The smallest absolute Gasteiger partial charge is 0.341 e. The molecule has 0 saturated carbocycles. The van der Waals surface area contributed by atoms with E-state index in [9.17, 15) is 9.90 Å². The van der Waals surface area contributed by atoms with Gasteiger partial charge in [-0.2, -0.15) is 0 Å². The minimum absolute atomic E-state index is 0.377. The highest BCUT2D eigenvalue weighted by Gasteiger charge is 2.52. The van der Waals surface area contributed by atoms with Gasteiger partial charge in [0.25, 0.3) is 0 Å². The first-order valence-corrected chi connectivity index (χ1v) is 5.39. The van der Waals surface area contributed by atoms with Crippen LogP contribution in [0, 0.1) is 5.41 Å². The Morgan fingerprint density at radius 2 is 2.00 bits per heavy atom. The van der Waals surface area contributed by atoms with E-state index in [0.29, 0.717) is 16.1 Å². The minimum atomic E-state index is -1.61. The normalized spacial score (nSPS) is 24.2. The Morgan fingerprint density at radius 1 is 1.38 bits per heavy atom. The lowest BCUT2D eigenvalue weighted by molar-refractivity contribution is -0.228. The molecule has 16 heavy (non-hydrogen) atoms. The van der Waals surface area contributed by atoms with E-state index in [1.54, 1.807) is 39.0 Å². The lowest BCUT2D eigenvalue weighted by Gasteiger charge is -2.35. The third-order valence-electron chi connectivity index (χ3n) is 2.82. The third kappa shape index (κ3) is 1.43. The molecule has 0 fully saturated rings. The molecule has 0 spiro atoms. The highest BCUT2D eigenvalue weighted by molar-refractivity contribution is 6.30. The summed E-state index contributed by atoms with van der Waals surface area (Å²) in [6, 6.07) is 4.76. The number of carbonyl (C=O) groups excluding carboxylic acids is 1. The molecule has 1 aromatic rings. The summed E-state index contributed by atoms with van der Waals surface area (Å²) in [5.41, 5.74) is 0.206. The van der Waals surface area contributed by atoms with Gasteiger partial charge in [-0.25, -0.2) is 4.79 Å². The zero-order chi connectivity index (χ0) is 12.1. The van der Waals surface area contributed by atoms with Crippen LogP contribution in [0.25, 0.3) is 0 Å². The number of ether oxygens (including phenoxy) is 1. The highest BCUT2D eigenvalue weighted by atomic mass is 35.5. The molecule has 1 unspecified atom stereocenters. The van der Waals surface area contributed by atoms with Crippen molar-refractivity contribution in [1.29, 1.82) is 0 Å². The fraction of sp³-hybridized carbons (Fsp3) is 0.417. The molecule has 1 N–H and O–H groups in total. The Hall–Kier alpha value is -1.06. The van der Waals surface area contributed by atoms with Crippen molar-refractivity contribution in [2.24, 2.45) is 5.41 Å².